The van der Waals surface area contributed by atoms with Gasteiger partial charge in [0.15, 0.2) is 0 Å². The van der Waals surface area contributed by atoms with Crippen LogP contribution in [-0.2, 0) is 0 Å². The summed E-state index contributed by atoms with van der Waals surface area (Å²) in [5.74, 6) is 0. The Bertz CT molecular complexity index is 184. The van der Waals surface area contributed by atoms with Crippen molar-refractivity contribution in [3.8, 4) is 0 Å². The van der Waals surface area contributed by atoms with Gasteiger partial charge in [0.25, 0.3) is 0 Å². The third-order valence-electron chi connectivity index (χ3n) is 3.61. The fourth-order valence-electron chi connectivity index (χ4n) is 1.99. The monoisotopic (exact) mass is 238 g/mol. The molecular weight excluding hydrogens is 206 g/mol. The number of unbranched alkanes of at least 4 members (excludes halogenated alkanes) is 6. The molecule has 0 aliphatic heterocycles. The largest absolute Gasteiger partial charge is 0.317 e. The van der Waals surface area contributed by atoms with Crippen molar-refractivity contribution < 1.29 is 0 Å². The van der Waals surface area contributed by atoms with E-state index in [1.54, 1.807) is 0 Å². The van der Waals surface area contributed by atoms with E-state index >= 15 is 0 Å². The second-order valence-corrected chi connectivity index (χ2v) is 5.23. The molecule has 101 valence electrons. The van der Waals surface area contributed by atoms with Crippen molar-refractivity contribution in [3.63, 3.8) is 0 Å². The van der Waals surface area contributed by atoms with Crippen molar-refractivity contribution in [1.82, 2.24) is 5.32 Å². The van der Waals surface area contributed by atoms with Crippen LogP contribution in [0, 0.1) is 6.08 Å². The van der Waals surface area contributed by atoms with E-state index in [4.69, 9.17) is 0 Å². The smallest absolute Gasteiger partial charge is 0.00357 e. The molecule has 0 aliphatic carbocycles. The first kappa shape index (κ1) is 16.7. The Morgan fingerprint density at radius 3 is 2.06 bits per heavy atom. The average molecular weight is 238 g/mol. The van der Waals surface area contributed by atoms with E-state index in [1.807, 2.05) is 6.92 Å². The predicted molar refractivity (Wildman–Crippen MR) is 78.2 cm³/mol. The minimum absolute atomic E-state index is 0.690. The van der Waals surface area contributed by atoms with Crippen LogP contribution < -0.4 is 5.32 Å². The third-order valence-corrected chi connectivity index (χ3v) is 3.61. The molecule has 0 aromatic carbocycles. The van der Waals surface area contributed by atoms with Crippen LogP contribution in [-0.4, -0.2) is 13.1 Å². The molecule has 0 saturated carbocycles. The summed E-state index contributed by atoms with van der Waals surface area (Å²) >= 11 is 0. The number of rotatable bonds is 11. The summed E-state index contributed by atoms with van der Waals surface area (Å²) in [6, 6.07) is 0.690. The van der Waals surface area contributed by atoms with Crippen molar-refractivity contribution in [2.75, 3.05) is 7.05 Å². The first-order chi connectivity index (χ1) is 8.20. The van der Waals surface area contributed by atoms with E-state index < -0.39 is 0 Å². The van der Waals surface area contributed by atoms with E-state index in [0.29, 0.717) is 6.04 Å². The van der Waals surface area contributed by atoms with Gasteiger partial charge in [-0.1, -0.05) is 44.1 Å². The minimum atomic E-state index is 0.690. The lowest BCUT2D eigenvalue weighted by Crippen LogP contribution is -2.20. The molecule has 0 aliphatic rings. The third kappa shape index (κ3) is 12.0. The Morgan fingerprint density at radius 2 is 1.53 bits per heavy atom. The molecule has 0 aromatic rings. The van der Waals surface area contributed by atoms with Crippen molar-refractivity contribution in [1.29, 1.82) is 0 Å². The van der Waals surface area contributed by atoms with Crippen molar-refractivity contribution in [2.45, 2.75) is 84.6 Å². The normalized spacial score (nSPS) is 14.0. The summed E-state index contributed by atoms with van der Waals surface area (Å²) in [6.07, 6.45) is 15.6. The molecule has 1 heteroatoms. The van der Waals surface area contributed by atoms with Gasteiger partial charge in [0, 0.05) is 6.04 Å². The molecule has 1 atom stereocenters. The highest BCUT2D eigenvalue weighted by atomic mass is 14.8. The molecule has 0 heterocycles. The Balaban J connectivity index is 3.09. The zero-order chi connectivity index (χ0) is 12.9. The summed E-state index contributed by atoms with van der Waals surface area (Å²) in [5, 5.41) is 3.29. The molecule has 0 saturated heterocycles. The van der Waals surface area contributed by atoms with Crippen molar-refractivity contribution >= 4 is 0 Å². The van der Waals surface area contributed by atoms with Gasteiger partial charge in [-0.25, -0.2) is 0 Å². The van der Waals surface area contributed by atoms with Crippen LogP contribution in [0.1, 0.15) is 78.6 Å². The maximum Gasteiger partial charge on any atom is 0.00357 e. The highest BCUT2D eigenvalue weighted by Crippen LogP contribution is 2.12. The van der Waals surface area contributed by atoms with Gasteiger partial charge in [-0.3, -0.25) is 0 Å². The molecule has 1 unspecified atom stereocenters. The first-order valence-corrected chi connectivity index (χ1v) is 7.38. The van der Waals surface area contributed by atoms with Gasteiger partial charge < -0.3 is 5.32 Å². The topological polar surface area (TPSA) is 12.0 Å². The second-order valence-electron chi connectivity index (χ2n) is 5.23. The van der Waals surface area contributed by atoms with Gasteiger partial charge in [0.2, 0.25) is 0 Å². The zero-order valence-electron chi connectivity index (χ0n) is 12.4. The molecule has 17 heavy (non-hydrogen) atoms. The van der Waals surface area contributed by atoms with Gasteiger partial charge in [0.1, 0.15) is 0 Å². The van der Waals surface area contributed by atoms with Crippen LogP contribution in [0.15, 0.2) is 5.57 Å². The predicted octanol–water partition coefficient (Wildman–Crippen LogP) is 4.87. The summed E-state index contributed by atoms with van der Waals surface area (Å²) in [5.41, 5.74) is 1.42. The van der Waals surface area contributed by atoms with Crippen LogP contribution in [0.25, 0.3) is 0 Å². The molecule has 1 radical (unpaired) electrons. The Morgan fingerprint density at radius 1 is 1.00 bits per heavy atom. The summed E-state index contributed by atoms with van der Waals surface area (Å²) in [7, 11) is 2.05. The first-order valence-electron chi connectivity index (χ1n) is 7.38. The van der Waals surface area contributed by atoms with Gasteiger partial charge in [0.05, 0.1) is 0 Å². The fraction of sp³-hybridized carbons (Fsp3) is 0.875. The Hall–Kier alpha value is -0.300. The van der Waals surface area contributed by atoms with E-state index in [1.165, 1.54) is 63.4 Å². The average Bonchev–Trinajstić information content (AvgIpc) is 2.35. The van der Waals surface area contributed by atoms with Gasteiger partial charge >= 0.3 is 0 Å². The summed E-state index contributed by atoms with van der Waals surface area (Å²) < 4.78 is 0. The molecule has 0 fully saturated rings. The number of hydrogen-bond donors (Lipinski definition) is 1. The molecule has 0 rings (SSSR count). The minimum Gasteiger partial charge on any atom is -0.317 e. The van der Waals surface area contributed by atoms with Gasteiger partial charge in [-0.15, -0.1) is 0 Å². The van der Waals surface area contributed by atoms with E-state index in [9.17, 15) is 0 Å². The van der Waals surface area contributed by atoms with Gasteiger partial charge in [-0.05, 0) is 53.2 Å². The number of allylic oxidation sites excluding steroid dienone is 2. The van der Waals surface area contributed by atoms with E-state index in [0.717, 1.165) is 0 Å². The number of nitrogens with one attached hydrogen (secondary N) is 1. The lowest BCUT2D eigenvalue weighted by atomic mass is 10.0. The molecule has 0 spiro atoms. The fourth-order valence-corrected chi connectivity index (χ4v) is 1.99. The van der Waals surface area contributed by atoms with E-state index in [-0.39, 0.29) is 0 Å². The molecule has 1 N–H and O–H groups in total. The van der Waals surface area contributed by atoms with Crippen molar-refractivity contribution in [3.05, 3.63) is 11.6 Å². The zero-order valence-corrected chi connectivity index (χ0v) is 12.4. The van der Waals surface area contributed by atoms with Gasteiger partial charge in [-0.2, -0.15) is 0 Å². The van der Waals surface area contributed by atoms with Crippen LogP contribution in [0.2, 0.25) is 0 Å². The van der Waals surface area contributed by atoms with Crippen LogP contribution in [0.3, 0.4) is 0 Å². The standard InChI is InChI=1S/C16H32N/c1-5-15(2)13-11-9-7-6-8-10-12-14-16(3)17-4/h16-17H,6-14H2,1-4H3. The Kier molecular flexibility index (Phi) is 12.0. The second kappa shape index (κ2) is 12.2. The van der Waals surface area contributed by atoms with Crippen molar-refractivity contribution in [2.24, 2.45) is 0 Å². The lowest BCUT2D eigenvalue weighted by molar-refractivity contribution is 0.505. The quantitative estimate of drug-likeness (QED) is 0.506. The van der Waals surface area contributed by atoms with Crippen LogP contribution in [0.5, 0.6) is 0 Å². The molecule has 0 bridgehead atoms. The highest BCUT2D eigenvalue weighted by Gasteiger charge is 1.97. The summed E-state index contributed by atoms with van der Waals surface area (Å²) in [6.45, 7) is 6.46. The maximum absolute atomic E-state index is 3.29. The molecular formula is C16H32N. The Labute approximate surface area is 109 Å². The molecule has 1 nitrogen and oxygen atoms in total. The maximum atomic E-state index is 3.29. The lowest BCUT2D eigenvalue weighted by Gasteiger charge is -2.09. The van der Waals surface area contributed by atoms with E-state index in [2.05, 4.69) is 32.3 Å². The van der Waals surface area contributed by atoms with Crippen LogP contribution in [0.4, 0.5) is 0 Å². The molecule has 0 aromatic heterocycles. The molecule has 0 amide bonds. The number of hydrogen-bond acceptors (Lipinski definition) is 1. The SMILES string of the molecule is C/[C]=C(/C)CCCCCCCCCC(C)NC. The summed E-state index contributed by atoms with van der Waals surface area (Å²) in [4.78, 5) is 0. The van der Waals surface area contributed by atoms with Crippen LogP contribution >= 0.6 is 0 Å². The highest BCUT2D eigenvalue weighted by molar-refractivity contribution is 4.89.